The van der Waals surface area contributed by atoms with Crippen LogP contribution in [0, 0.1) is 20.8 Å². The van der Waals surface area contributed by atoms with Crippen molar-refractivity contribution >= 4 is 38.9 Å². The fraction of sp³-hybridized carbons (Fsp3) is 0.192. The summed E-state index contributed by atoms with van der Waals surface area (Å²) >= 11 is 9.41. The predicted molar refractivity (Wildman–Crippen MR) is 140 cm³/mol. The largest absolute Gasteiger partial charge is 0.351 e. The van der Waals surface area contributed by atoms with E-state index in [1.165, 1.54) is 5.56 Å². The molecule has 4 aromatic rings. The Bertz CT molecular complexity index is 1320. The minimum atomic E-state index is -0.0823. The van der Waals surface area contributed by atoms with E-state index in [1.807, 2.05) is 42.7 Å². The molecule has 0 radical (unpaired) electrons. The Morgan fingerprint density at radius 3 is 2.39 bits per heavy atom. The van der Waals surface area contributed by atoms with Gasteiger partial charge in [0.2, 0.25) is 0 Å². The highest BCUT2D eigenvalue weighted by Crippen LogP contribution is 2.43. The normalized spacial score (nSPS) is 17.9. The monoisotopic (exact) mass is 517 g/mol. The lowest BCUT2D eigenvalue weighted by molar-refractivity contribution is 0.565. The van der Waals surface area contributed by atoms with E-state index in [9.17, 15) is 0 Å². The summed E-state index contributed by atoms with van der Waals surface area (Å²) in [6.07, 6.45) is 3.68. The fourth-order valence-corrected chi connectivity index (χ4v) is 5.29. The van der Waals surface area contributed by atoms with Gasteiger partial charge in [-0.15, -0.1) is 0 Å². The van der Waals surface area contributed by atoms with Gasteiger partial charge in [-0.05, 0) is 92.6 Å². The number of halogens is 1. The molecule has 33 heavy (non-hydrogen) atoms. The second-order valence-electron chi connectivity index (χ2n) is 8.28. The molecule has 166 valence electrons. The first-order valence-electron chi connectivity index (χ1n) is 10.8. The molecule has 1 aliphatic heterocycles. The number of pyridine rings is 2. The molecule has 1 aromatic carbocycles. The molecule has 0 saturated carbocycles. The van der Waals surface area contributed by atoms with Gasteiger partial charge in [-0.3, -0.25) is 4.98 Å². The zero-order chi connectivity index (χ0) is 23.1. The maximum absolute atomic E-state index is 5.86. The molecular weight excluding hydrogens is 494 g/mol. The number of hydrogen-bond acceptors (Lipinski definition) is 3. The number of rotatable bonds is 4. The Balaban J connectivity index is 1.69. The molecule has 4 heterocycles. The minimum absolute atomic E-state index is 0.0578. The quantitative estimate of drug-likeness (QED) is 0.329. The number of anilines is 1. The molecule has 0 spiro atoms. The van der Waals surface area contributed by atoms with Crippen LogP contribution in [0.25, 0.3) is 5.82 Å². The number of thiocarbonyl (C=S) groups is 1. The van der Waals surface area contributed by atoms with E-state index in [4.69, 9.17) is 12.2 Å². The molecule has 5 nitrogen and oxygen atoms in total. The average molecular weight is 518 g/mol. The van der Waals surface area contributed by atoms with Crippen molar-refractivity contribution in [2.75, 3.05) is 4.90 Å². The standard InChI is InChI=1S/C26H24BrN5S/c1-16-7-6-14-29-25(16)31-17(2)15-21(18(31)3)24-23(22-8-4-5-13-28-22)30-26(33)32(24)20-11-9-19(27)10-12-20/h4-15,23-24H,1-3H3,(H,30,33)/t23-,24+/m0/s1. The Morgan fingerprint density at radius 2 is 1.70 bits per heavy atom. The van der Waals surface area contributed by atoms with Crippen molar-refractivity contribution in [1.82, 2.24) is 19.9 Å². The summed E-state index contributed by atoms with van der Waals surface area (Å²) in [5, 5.41) is 4.24. The third-order valence-corrected chi connectivity index (χ3v) is 7.03. The Morgan fingerprint density at radius 1 is 0.939 bits per heavy atom. The summed E-state index contributed by atoms with van der Waals surface area (Å²) in [4.78, 5) is 11.6. The Kier molecular flexibility index (Phi) is 5.76. The molecule has 0 bridgehead atoms. The molecule has 1 saturated heterocycles. The van der Waals surface area contributed by atoms with Crippen LogP contribution in [-0.2, 0) is 0 Å². The topological polar surface area (TPSA) is 46.0 Å². The van der Waals surface area contributed by atoms with Crippen LogP contribution in [0.2, 0.25) is 0 Å². The number of aryl methyl sites for hydroxylation is 2. The van der Waals surface area contributed by atoms with Crippen LogP contribution in [0.1, 0.15) is 40.3 Å². The number of benzene rings is 1. The van der Waals surface area contributed by atoms with Crippen LogP contribution in [0.3, 0.4) is 0 Å². The highest BCUT2D eigenvalue weighted by atomic mass is 79.9. The molecule has 1 N–H and O–H groups in total. The lowest BCUT2D eigenvalue weighted by atomic mass is 9.96. The molecule has 5 rings (SSSR count). The summed E-state index contributed by atoms with van der Waals surface area (Å²) in [5.74, 6) is 0.955. The zero-order valence-electron chi connectivity index (χ0n) is 18.7. The Labute approximate surface area is 207 Å². The van der Waals surface area contributed by atoms with Gasteiger partial charge in [-0.2, -0.15) is 0 Å². The molecule has 0 amide bonds. The van der Waals surface area contributed by atoms with Gasteiger partial charge in [0.1, 0.15) is 5.82 Å². The maximum atomic E-state index is 5.86. The highest BCUT2D eigenvalue weighted by Gasteiger charge is 2.42. The smallest absolute Gasteiger partial charge is 0.174 e. The van der Waals surface area contributed by atoms with Gasteiger partial charge >= 0.3 is 0 Å². The lowest BCUT2D eigenvalue weighted by Gasteiger charge is -2.28. The van der Waals surface area contributed by atoms with Gasteiger partial charge < -0.3 is 14.8 Å². The second-order valence-corrected chi connectivity index (χ2v) is 9.58. The van der Waals surface area contributed by atoms with Gasteiger partial charge in [0, 0.05) is 33.9 Å². The number of aromatic nitrogens is 3. The van der Waals surface area contributed by atoms with Crippen molar-refractivity contribution < 1.29 is 0 Å². The molecule has 1 aliphatic rings. The van der Waals surface area contributed by atoms with Gasteiger partial charge in [0.05, 0.1) is 17.8 Å². The van der Waals surface area contributed by atoms with E-state index >= 15 is 0 Å². The van der Waals surface area contributed by atoms with E-state index in [2.05, 4.69) is 91.8 Å². The van der Waals surface area contributed by atoms with Gasteiger partial charge in [0.15, 0.2) is 5.11 Å². The third-order valence-electron chi connectivity index (χ3n) is 6.19. The lowest BCUT2D eigenvalue weighted by Crippen LogP contribution is -2.29. The minimum Gasteiger partial charge on any atom is -0.351 e. The van der Waals surface area contributed by atoms with Gasteiger partial charge in [-0.1, -0.05) is 28.1 Å². The maximum Gasteiger partial charge on any atom is 0.174 e. The Hall–Kier alpha value is -3.03. The summed E-state index contributed by atoms with van der Waals surface area (Å²) in [6.45, 7) is 6.39. The van der Waals surface area contributed by atoms with Crippen molar-refractivity contribution in [3.05, 3.63) is 106 Å². The molecule has 0 unspecified atom stereocenters. The van der Waals surface area contributed by atoms with Crippen LogP contribution in [0.15, 0.2) is 77.5 Å². The van der Waals surface area contributed by atoms with Gasteiger partial charge in [-0.25, -0.2) is 4.98 Å². The summed E-state index contributed by atoms with van der Waals surface area (Å²) < 4.78 is 3.27. The van der Waals surface area contributed by atoms with E-state index in [0.29, 0.717) is 5.11 Å². The van der Waals surface area contributed by atoms with Crippen molar-refractivity contribution in [1.29, 1.82) is 0 Å². The number of nitrogens with zero attached hydrogens (tertiary/aromatic N) is 4. The first-order valence-corrected chi connectivity index (χ1v) is 12.0. The van der Waals surface area contributed by atoms with Gasteiger partial charge in [0.25, 0.3) is 0 Å². The first-order chi connectivity index (χ1) is 16.0. The molecule has 2 atom stereocenters. The van der Waals surface area contributed by atoms with Crippen LogP contribution in [0.4, 0.5) is 5.69 Å². The number of nitrogens with one attached hydrogen (secondary N) is 1. The SMILES string of the molecule is Cc1cccnc1-n1c(C)cc([C@@H]2[C@H](c3ccccn3)NC(=S)N2c2ccc(Br)cc2)c1C. The average Bonchev–Trinajstić information content (AvgIpc) is 3.31. The molecular formula is C26H24BrN5S. The summed E-state index contributed by atoms with van der Waals surface area (Å²) in [7, 11) is 0. The first kappa shape index (κ1) is 21.8. The fourth-order valence-electron chi connectivity index (χ4n) is 4.68. The van der Waals surface area contributed by atoms with E-state index in [-0.39, 0.29) is 12.1 Å². The van der Waals surface area contributed by atoms with E-state index in [1.54, 1.807) is 0 Å². The van der Waals surface area contributed by atoms with Crippen LogP contribution < -0.4 is 10.2 Å². The van der Waals surface area contributed by atoms with Crippen LogP contribution in [-0.4, -0.2) is 19.6 Å². The molecule has 7 heteroatoms. The van der Waals surface area contributed by atoms with E-state index in [0.717, 1.165) is 38.6 Å². The zero-order valence-corrected chi connectivity index (χ0v) is 21.1. The summed E-state index contributed by atoms with van der Waals surface area (Å²) in [5.41, 5.74) is 6.62. The highest BCUT2D eigenvalue weighted by molar-refractivity contribution is 9.10. The predicted octanol–water partition coefficient (Wildman–Crippen LogP) is 6.13. The second kappa shape index (κ2) is 8.72. The van der Waals surface area contributed by atoms with Crippen molar-refractivity contribution in [3.63, 3.8) is 0 Å². The summed E-state index contributed by atoms with van der Waals surface area (Å²) in [6, 6.07) is 20.5. The van der Waals surface area contributed by atoms with Crippen LogP contribution >= 0.6 is 28.1 Å². The molecule has 0 aliphatic carbocycles. The van der Waals surface area contributed by atoms with Crippen molar-refractivity contribution in [2.45, 2.75) is 32.9 Å². The molecule has 3 aromatic heterocycles. The van der Waals surface area contributed by atoms with E-state index < -0.39 is 0 Å². The van der Waals surface area contributed by atoms with Crippen molar-refractivity contribution in [2.24, 2.45) is 0 Å². The third kappa shape index (κ3) is 3.85. The number of hydrogen-bond donors (Lipinski definition) is 1. The van der Waals surface area contributed by atoms with Crippen molar-refractivity contribution in [3.8, 4) is 5.82 Å². The van der Waals surface area contributed by atoms with Crippen LogP contribution in [0.5, 0.6) is 0 Å². The molecule has 1 fully saturated rings.